The van der Waals surface area contributed by atoms with E-state index in [2.05, 4.69) is 4.98 Å². The molecule has 0 saturated carbocycles. The number of allylic oxidation sites excluding steroid dienone is 1. The Hall–Kier alpha value is -1.75. The van der Waals surface area contributed by atoms with Crippen LogP contribution in [0.4, 0.5) is 0 Å². The predicted octanol–water partition coefficient (Wildman–Crippen LogP) is 2.41. The SMILES string of the molecule is CCOC(=O)c1c(C)nc2c(c1O)C(=S)CC=C2. The molecule has 94 valence electrons. The maximum Gasteiger partial charge on any atom is 0.343 e. The zero-order valence-corrected chi connectivity index (χ0v) is 11.0. The fourth-order valence-electron chi connectivity index (χ4n) is 1.93. The molecule has 1 aromatic heterocycles. The zero-order valence-electron chi connectivity index (χ0n) is 10.2. The van der Waals surface area contributed by atoms with E-state index in [1.165, 1.54) is 0 Å². The van der Waals surface area contributed by atoms with Crippen molar-refractivity contribution >= 4 is 29.1 Å². The standard InChI is InChI=1S/C13H13NO3S/c1-3-17-13(16)10-7(2)14-8-5-4-6-9(18)11(8)12(10)15/h4-5H,3,6H2,1-2H3,(H,14,15). The highest BCUT2D eigenvalue weighted by Crippen LogP contribution is 2.32. The van der Waals surface area contributed by atoms with Gasteiger partial charge < -0.3 is 9.84 Å². The summed E-state index contributed by atoms with van der Waals surface area (Å²) in [5, 5.41) is 10.2. The summed E-state index contributed by atoms with van der Waals surface area (Å²) in [6.07, 6.45) is 4.26. The molecule has 5 heteroatoms. The van der Waals surface area contributed by atoms with E-state index in [-0.39, 0.29) is 17.9 Å². The van der Waals surface area contributed by atoms with Crippen LogP contribution in [0.5, 0.6) is 5.75 Å². The highest BCUT2D eigenvalue weighted by molar-refractivity contribution is 7.80. The van der Waals surface area contributed by atoms with Gasteiger partial charge in [-0.05, 0) is 19.9 Å². The Morgan fingerprint density at radius 1 is 1.61 bits per heavy atom. The number of fused-ring (bicyclic) bond motifs is 1. The zero-order chi connectivity index (χ0) is 13.3. The summed E-state index contributed by atoms with van der Waals surface area (Å²) in [7, 11) is 0. The molecule has 0 amide bonds. The van der Waals surface area contributed by atoms with Gasteiger partial charge in [-0.2, -0.15) is 0 Å². The lowest BCUT2D eigenvalue weighted by molar-refractivity contribution is 0.0521. The van der Waals surface area contributed by atoms with Gasteiger partial charge in [0.2, 0.25) is 0 Å². The van der Waals surface area contributed by atoms with Gasteiger partial charge in [0, 0.05) is 11.3 Å². The average molecular weight is 263 g/mol. The third-order valence-corrected chi connectivity index (χ3v) is 3.09. The first-order valence-corrected chi connectivity index (χ1v) is 6.07. The molecular formula is C13H13NO3S. The quantitative estimate of drug-likeness (QED) is 0.656. The molecule has 0 aliphatic heterocycles. The molecule has 1 aliphatic rings. The number of aromatic hydroxyl groups is 1. The van der Waals surface area contributed by atoms with E-state index in [4.69, 9.17) is 17.0 Å². The third-order valence-electron chi connectivity index (χ3n) is 2.72. The van der Waals surface area contributed by atoms with Gasteiger partial charge in [-0.1, -0.05) is 18.3 Å². The van der Waals surface area contributed by atoms with Crippen LogP contribution in [-0.2, 0) is 4.74 Å². The number of thiocarbonyl (C=S) groups is 1. The fourth-order valence-corrected chi connectivity index (χ4v) is 2.23. The van der Waals surface area contributed by atoms with Crippen molar-refractivity contribution in [1.29, 1.82) is 0 Å². The number of nitrogens with zero attached hydrogens (tertiary/aromatic N) is 1. The molecule has 0 atom stereocenters. The molecule has 0 radical (unpaired) electrons. The van der Waals surface area contributed by atoms with Crippen molar-refractivity contribution in [3.63, 3.8) is 0 Å². The highest BCUT2D eigenvalue weighted by Gasteiger charge is 2.25. The molecule has 1 N–H and O–H groups in total. The van der Waals surface area contributed by atoms with Gasteiger partial charge in [0.15, 0.2) is 0 Å². The summed E-state index contributed by atoms with van der Waals surface area (Å²) < 4.78 is 4.92. The molecule has 2 rings (SSSR count). The Kier molecular flexibility index (Phi) is 3.43. The van der Waals surface area contributed by atoms with Crippen molar-refractivity contribution in [3.05, 3.63) is 28.6 Å². The van der Waals surface area contributed by atoms with Crippen LogP contribution in [0, 0.1) is 6.92 Å². The van der Waals surface area contributed by atoms with E-state index in [0.29, 0.717) is 28.2 Å². The number of hydrogen-bond acceptors (Lipinski definition) is 5. The molecular weight excluding hydrogens is 250 g/mol. The molecule has 0 spiro atoms. The second-order valence-electron chi connectivity index (χ2n) is 3.93. The van der Waals surface area contributed by atoms with Crippen LogP contribution in [0.1, 0.15) is 40.7 Å². The van der Waals surface area contributed by atoms with Crippen LogP contribution in [0.15, 0.2) is 6.08 Å². The second kappa shape index (κ2) is 4.86. The molecule has 0 fully saturated rings. The number of aromatic nitrogens is 1. The second-order valence-corrected chi connectivity index (χ2v) is 4.42. The first kappa shape index (κ1) is 12.7. The van der Waals surface area contributed by atoms with Crippen molar-refractivity contribution in [2.45, 2.75) is 20.3 Å². The van der Waals surface area contributed by atoms with Gasteiger partial charge in [-0.25, -0.2) is 4.79 Å². The number of carbonyl (C=O) groups excluding carboxylic acids is 1. The first-order valence-electron chi connectivity index (χ1n) is 5.66. The fraction of sp³-hybridized carbons (Fsp3) is 0.308. The maximum atomic E-state index is 11.8. The molecule has 1 aliphatic carbocycles. The molecule has 18 heavy (non-hydrogen) atoms. The number of hydrogen-bond donors (Lipinski definition) is 1. The molecule has 1 heterocycles. The minimum absolute atomic E-state index is 0.105. The van der Waals surface area contributed by atoms with E-state index in [1.807, 2.05) is 6.08 Å². The lowest BCUT2D eigenvalue weighted by Gasteiger charge is -2.16. The summed E-state index contributed by atoms with van der Waals surface area (Å²) in [5.74, 6) is -0.689. The smallest absolute Gasteiger partial charge is 0.343 e. The summed E-state index contributed by atoms with van der Waals surface area (Å²) in [4.78, 5) is 16.7. The Labute approximate surface area is 110 Å². The van der Waals surface area contributed by atoms with Crippen LogP contribution in [-0.4, -0.2) is 27.5 Å². The average Bonchev–Trinajstić information content (AvgIpc) is 2.28. The van der Waals surface area contributed by atoms with Gasteiger partial charge in [-0.3, -0.25) is 4.98 Å². The van der Waals surface area contributed by atoms with Crippen LogP contribution >= 0.6 is 12.2 Å². The Morgan fingerprint density at radius 3 is 3.00 bits per heavy atom. The summed E-state index contributed by atoms with van der Waals surface area (Å²) in [6, 6.07) is 0. The first-order chi connectivity index (χ1) is 8.56. The summed E-state index contributed by atoms with van der Waals surface area (Å²) >= 11 is 5.20. The van der Waals surface area contributed by atoms with Crippen molar-refractivity contribution in [2.24, 2.45) is 0 Å². The Morgan fingerprint density at radius 2 is 2.33 bits per heavy atom. The van der Waals surface area contributed by atoms with E-state index in [9.17, 15) is 9.90 Å². The molecule has 1 aromatic rings. The van der Waals surface area contributed by atoms with Gasteiger partial charge >= 0.3 is 5.97 Å². The predicted molar refractivity (Wildman–Crippen MR) is 71.9 cm³/mol. The minimum atomic E-state index is -0.569. The molecule has 0 saturated heterocycles. The van der Waals surface area contributed by atoms with Gasteiger partial charge in [0.05, 0.1) is 23.6 Å². The number of aryl methyl sites for hydroxylation is 1. The van der Waals surface area contributed by atoms with Crippen LogP contribution in [0.3, 0.4) is 0 Å². The molecule has 0 aromatic carbocycles. The van der Waals surface area contributed by atoms with Gasteiger partial charge in [0.1, 0.15) is 11.3 Å². The van der Waals surface area contributed by atoms with Crippen molar-refractivity contribution < 1.29 is 14.6 Å². The number of carbonyl (C=O) groups is 1. The largest absolute Gasteiger partial charge is 0.506 e. The van der Waals surface area contributed by atoms with Crippen molar-refractivity contribution in [3.8, 4) is 5.75 Å². The molecule has 0 unspecified atom stereocenters. The van der Waals surface area contributed by atoms with Crippen molar-refractivity contribution in [1.82, 2.24) is 4.98 Å². The number of rotatable bonds is 2. The summed E-state index contributed by atoms with van der Waals surface area (Å²) in [6.45, 7) is 3.63. The normalized spacial score (nSPS) is 13.3. The molecule has 4 nitrogen and oxygen atoms in total. The molecule has 0 bridgehead atoms. The summed E-state index contributed by atoms with van der Waals surface area (Å²) in [5.41, 5.74) is 1.63. The highest BCUT2D eigenvalue weighted by atomic mass is 32.1. The number of pyridine rings is 1. The van der Waals surface area contributed by atoms with Crippen LogP contribution in [0.2, 0.25) is 0 Å². The van der Waals surface area contributed by atoms with E-state index < -0.39 is 5.97 Å². The lowest BCUT2D eigenvalue weighted by Crippen LogP contribution is -2.14. The van der Waals surface area contributed by atoms with Crippen molar-refractivity contribution in [2.75, 3.05) is 6.61 Å². The van der Waals surface area contributed by atoms with E-state index in [1.54, 1.807) is 19.9 Å². The lowest BCUT2D eigenvalue weighted by atomic mass is 9.97. The van der Waals surface area contributed by atoms with Crippen LogP contribution < -0.4 is 0 Å². The third kappa shape index (κ3) is 2.01. The Bertz CT molecular complexity index is 564. The number of ether oxygens (including phenoxy) is 1. The monoisotopic (exact) mass is 263 g/mol. The topological polar surface area (TPSA) is 59.4 Å². The van der Waals surface area contributed by atoms with Gasteiger partial charge in [-0.15, -0.1) is 0 Å². The number of esters is 1. The Balaban J connectivity index is 2.63. The van der Waals surface area contributed by atoms with Crippen LogP contribution in [0.25, 0.3) is 6.08 Å². The van der Waals surface area contributed by atoms with E-state index in [0.717, 1.165) is 0 Å². The maximum absolute atomic E-state index is 11.8. The minimum Gasteiger partial charge on any atom is -0.506 e. The van der Waals surface area contributed by atoms with E-state index >= 15 is 0 Å². The van der Waals surface area contributed by atoms with Gasteiger partial charge in [0.25, 0.3) is 0 Å².